The zero-order chi connectivity index (χ0) is 22.8. The second-order valence-corrected chi connectivity index (χ2v) is 10.0. The van der Waals surface area contributed by atoms with Gasteiger partial charge in [-0.15, -0.1) is 0 Å². The number of aryl methyl sites for hydroxylation is 1. The third kappa shape index (κ3) is 4.74. The lowest BCUT2D eigenvalue weighted by molar-refractivity contribution is -0.138. The van der Waals surface area contributed by atoms with Crippen LogP contribution in [0.5, 0.6) is 0 Å². The minimum atomic E-state index is -0.839. The van der Waals surface area contributed by atoms with E-state index in [9.17, 15) is 9.90 Å². The summed E-state index contributed by atoms with van der Waals surface area (Å²) in [6.45, 7) is 4.46. The third-order valence-corrected chi connectivity index (χ3v) is 7.58. The molecule has 33 heavy (non-hydrogen) atoms. The van der Waals surface area contributed by atoms with Crippen molar-refractivity contribution in [2.75, 3.05) is 18.0 Å². The molecule has 176 valence electrons. The number of fused-ring (bicyclic) bond motifs is 1. The summed E-state index contributed by atoms with van der Waals surface area (Å²) < 4.78 is 0. The highest BCUT2D eigenvalue weighted by molar-refractivity contribution is 5.78. The average Bonchev–Trinajstić information content (AvgIpc) is 3.31. The number of amides is 1. The molecule has 1 saturated carbocycles. The molecule has 0 aromatic carbocycles. The molecule has 0 spiro atoms. The predicted molar refractivity (Wildman–Crippen MR) is 127 cm³/mol. The Kier molecular flexibility index (Phi) is 6.32. The van der Waals surface area contributed by atoms with E-state index in [-0.39, 0.29) is 18.4 Å². The molecule has 1 saturated heterocycles. The van der Waals surface area contributed by atoms with Crippen LogP contribution in [0.15, 0.2) is 24.4 Å². The van der Waals surface area contributed by atoms with E-state index >= 15 is 0 Å². The molecule has 2 aromatic rings. The molecule has 4 heterocycles. The van der Waals surface area contributed by atoms with Crippen LogP contribution in [0.3, 0.4) is 0 Å². The van der Waals surface area contributed by atoms with E-state index in [4.69, 9.17) is 9.97 Å². The maximum atomic E-state index is 13.3. The zero-order valence-electron chi connectivity index (χ0n) is 19.7. The highest BCUT2D eigenvalue weighted by Gasteiger charge is 2.38. The van der Waals surface area contributed by atoms with Crippen LogP contribution < -0.4 is 4.90 Å². The number of carbonyl (C=O) groups is 1. The molecule has 0 bridgehead atoms. The van der Waals surface area contributed by atoms with E-state index in [1.807, 2.05) is 23.2 Å². The van der Waals surface area contributed by atoms with Crippen molar-refractivity contribution in [2.24, 2.45) is 0 Å². The lowest BCUT2D eigenvalue weighted by atomic mass is 9.82. The second kappa shape index (κ2) is 9.37. The number of anilines is 1. The first kappa shape index (κ1) is 22.3. The van der Waals surface area contributed by atoms with Crippen molar-refractivity contribution in [1.82, 2.24) is 19.9 Å². The van der Waals surface area contributed by atoms with Gasteiger partial charge in [-0.05, 0) is 57.6 Å². The molecule has 0 radical (unpaired) electrons. The summed E-state index contributed by atoms with van der Waals surface area (Å²) >= 11 is 0. The van der Waals surface area contributed by atoms with Gasteiger partial charge < -0.3 is 14.9 Å². The summed E-state index contributed by atoms with van der Waals surface area (Å²) in [5.74, 6) is 1.80. The topological polar surface area (TPSA) is 82.5 Å². The molecular weight excluding hydrogens is 414 g/mol. The first-order valence-electron chi connectivity index (χ1n) is 12.6. The maximum absolute atomic E-state index is 13.3. The molecule has 1 N–H and O–H groups in total. The van der Waals surface area contributed by atoms with E-state index < -0.39 is 5.60 Å². The lowest BCUT2D eigenvalue weighted by Gasteiger charge is -2.35. The van der Waals surface area contributed by atoms with E-state index in [2.05, 4.69) is 22.9 Å². The number of pyridine rings is 1. The summed E-state index contributed by atoms with van der Waals surface area (Å²) in [6.07, 6.45) is 10.6. The highest BCUT2D eigenvalue weighted by Crippen LogP contribution is 2.37. The SMILES string of the molecule is Cc1nc(C2CCCN2C(=O)CC2(O)CCCCC2)nc2c1CCCN2Cc1ccccn1. The molecule has 1 amide bonds. The van der Waals surface area contributed by atoms with Crippen LogP contribution >= 0.6 is 0 Å². The highest BCUT2D eigenvalue weighted by atomic mass is 16.3. The monoisotopic (exact) mass is 449 g/mol. The second-order valence-electron chi connectivity index (χ2n) is 10.0. The summed E-state index contributed by atoms with van der Waals surface area (Å²) in [6, 6.07) is 5.91. The Morgan fingerprint density at radius 1 is 1.12 bits per heavy atom. The molecular formula is C26H35N5O2. The van der Waals surface area contributed by atoms with Gasteiger partial charge in [0.2, 0.25) is 5.91 Å². The van der Waals surface area contributed by atoms with Crippen molar-refractivity contribution in [3.8, 4) is 0 Å². The normalized spacial score (nSPS) is 22.3. The number of carbonyl (C=O) groups excluding carboxylic acids is 1. The van der Waals surface area contributed by atoms with Gasteiger partial charge >= 0.3 is 0 Å². The van der Waals surface area contributed by atoms with Crippen LogP contribution in [0.25, 0.3) is 0 Å². The Morgan fingerprint density at radius 3 is 2.76 bits per heavy atom. The minimum absolute atomic E-state index is 0.0474. The number of hydrogen-bond acceptors (Lipinski definition) is 6. The fraction of sp³-hybridized carbons (Fsp3) is 0.615. The van der Waals surface area contributed by atoms with Gasteiger partial charge in [-0.2, -0.15) is 0 Å². The van der Waals surface area contributed by atoms with Crippen molar-refractivity contribution in [3.05, 3.63) is 47.2 Å². The van der Waals surface area contributed by atoms with Gasteiger partial charge in [-0.25, -0.2) is 9.97 Å². The standard InChI is InChI=1S/C26H35N5O2/c1-19-21-10-7-15-30(18-20-9-3-6-14-27-20)25(21)29-24(28-19)22-11-8-16-31(22)23(32)17-26(33)12-4-2-5-13-26/h3,6,9,14,22,33H,2,4-5,7-8,10-13,15-18H2,1H3. The molecule has 3 aliphatic rings. The van der Waals surface area contributed by atoms with E-state index in [0.717, 1.165) is 100 Å². The van der Waals surface area contributed by atoms with Crippen LogP contribution in [0.2, 0.25) is 0 Å². The largest absolute Gasteiger partial charge is 0.389 e. The molecule has 1 atom stereocenters. The third-order valence-electron chi connectivity index (χ3n) is 7.58. The van der Waals surface area contributed by atoms with Gasteiger partial charge in [-0.1, -0.05) is 25.3 Å². The Bertz CT molecular complexity index is 990. The van der Waals surface area contributed by atoms with Crippen LogP contribution in [0.1, 0.15) is 86.6 Å². The van der Waals surface area contributed by atoms with Gasteiger partial charge in [0.25, 0.3) is 0 Å². The fourth-order valence-electron chi connectivity index (χ4n) is 5.80. The Labute approximate surface area is 196 Å². The van der Waals surface area contributed by atoms with Gasteiger partial charge in [0.05, 0.1) is 30.3 Å². The molecule has 1 aliphatic carbocycles. The van der Waals surface area contributed by atoms with E-state index in [1.165, 1.54) is 5.56 Å². The molecule has 2 aliphatic heterocycles. The smallest absolute Gasteiger partial charge is 0.226 e. The van der Waals surface area contributed by atoms with Crippen molar-refractivity contribution >= 4 is 11.7 Å². The summed E-state index contributed by atoms with van der Waals surface area (Å²) in [5, 5.41) is 10.9. The number of likely N-dealkylation sites (tertiary alicyclic amines) is 1. The average molecular weight is 450 g/mol. The first-order valence-corrected chi connectivity index (χ1v) is 12.6. The quantitative estimate of drug-likeness (QED) is 0.746. The lowest BCUT2D eigenvalue weighted by Crippen LogP contribution is -2.41. The number of aromatic nitrogens is 3. The molecule has 1 unspecified atom stereocenters. The number of hydrogen-bond donors (Lipinski definition) is 1. The van der Waals surface area contributed by atoms with E-state index in [1.54, 1.807) is 0 Å². The zero-order valence-corrected chi connectivity index (χ0v) is 19.7. The number of aliphatic hydroxyl groups is 1. The van der Waals surface area contributed by atoms with Gasteiger partial charge in [0.15, 0.2) is 5.82 Å². The summed E-state index contributed by atoms with van der Waals surface area (Å²) in [5.41, 5.74) is 2.43. The Balaban J connectivity index is 1.39. The van der Waals surface area contributed by atoms with Crippen molar-refractivity contribution in [1.29, 1.82) is 0 Å². The molecule has 5 rings (SSSR count). The number of nitrogens with zero attached hydrogens (tertiary/aromatic N) is 5. The van der Waals surface area contributed by atoms with E-state index in [0.29, 0.717) is 0 Å². The van der Waals surface area contributed by atoms with Gasteiger partial charge in [0.1, 0.15) is 5.82 Å². The van der Waals surface area contributed by atoms with Gasteiger partial charge in [-0.3, -0.25) is 9.78 Å². The van der Waals surface area contributed by atoms with Crippen LogP contribution in [-0.2, 0) is 17.8 Å². The molecule has 2 fully saturated rings. The van der Waals surface area contributed by atoms with Crippen LogP contribution in [-0.4, -0.2) is 49.6 Å². The summed E-state index contributed by atoms with van der Waals surface area (Å²) in [4.78, 5) is 32.0. The van der Waals surface area contributed by atoms with Gasteiger partial charge in [0, 0.05) is 30.5 Å². The van der Waals surface area contributed by atoms with Crippen LogP contribution in [0.4, 0.5) is 5.82 Å². The summed E-state index contributed by atoms with van der Waals surface area (Å²) in [7, 11) is 0. The Hall–Kier alpha value is -2.54. The van der Waals surface area contributed by atoms with Crippen LogP contribution in [0, 0.1) is 6.92 Å². The van der Waals surface area contributed by atoms with Crippen molar-refractivity contribution in [2.45, 2.75) is 89.3 Å². The maximum Gasteiger partial charge on any atom is 0.226 e. The predicted octanol–water partition coefficient (Wildman–Crippen LogP) is 3.88. The minimum Gasteiger partial charge on any atom is -0.389 e. The molecule has 7 heteroatoms. The Morgan fingerprint density at radius 2 is 1.97 bits per heavy atom. The first-order chi connectivity index (χ1) is 16.0. The van der Waals surface area contributed by atoms with Crippen molar-refractivity contribution < 1.29 is 9.90 Å². The van der Waals surface area contributed by atoms with Crippen molar-refractivity contribution in [3.63, 3.8) is 0 Å². The molecule has 7 nitrogen and oxygen atoms in total. The molecule has 2 aromatic heterocycles. The fourth-order valence-corrected chi connectivity index (χ4v) is 5.80. The number of rotatable bonds is 5.